The molecule has 0 unspecified atom stereocenters. The van der Waals surface area contributed by atoms with E-state index in [1.54, 1.807) is 5.32 Å². The minimum absolute atomic E-state index is 0.381. The monoisotopic (exact) mass is 398 g/mol. The Labute approximate surface area is 170 Å². The summed E-state index contributed by atoms with van der Waals surface area (Å²) in [5.74, 6) is -0.381. The molecule has 0 atom stereocenters. The smallest absolute Gasteiger partial charge is 0.320 e. The predicted octanol–water partition coefficient (Wildman–Crippen LogP) is 3.57. The maximum atomic E-state index is 12.0. The second kappa shape index (κ2) is 7.21. The van der Waals surface area contributed by atoms with Crippen LogP contribution in [0.25, 0.3) is 43.1 Å². The second-order valence-electron chi connectivity index (χ2n) is 6.82. The van der Waals surface area contributed by atoms with E-state index in [0.29, 0.717) is 5.56 Å². The van der Waals surface area contributed by atoms with Crippen molar-refractivity contribution < 1.29 is 14.4 Å². The summed E-state index contributed by atoms with van der Waals surface area (Å²) >= 11 is 0. The summed E-state index contributed by atoms with van der Waals surface area (Å²) in [7, 11) is 0. The normalized spacial score (nSPS) is 10.8. The summed E-state index contributed by atoms with van der Waals surface area (Å²) in [6.07, 6.45) is 0. The van der Waals surface area contributed by atoms with Crippen LogP contribution in [0.15, 0.2) is 66.7 Å². The number of carbonyl (C=O) groups is 3. The Morgan fingerprint density at radius 3 is 1.57 bits per heavy atom. The molecule has 0 aromatic heterocycles. The van der Waals surface area contributed by atoms with Crippen molar-refractivity contribution in [1.82, 2.24) is 5.32 Å². The Hall–Kier alpha value is -4.39. The predicted molar refractivity (Wildman–Crippen MR) is 118 cm³/mol. The van der Waals surface area contributed by atoms with Crippen molar-refractivity contribution in [3.63, 3.8) is 0 Å². The zero-order chi connectivity index (χ0) is 21.4. The molecule has 0 radical (unpaired) electrons. The van der Waals surface area contributed by atoms with E-state index in [1.807, 2.05) is 18.2 Å². The molecule has 7 heteroatoms. The molecule has 5 amide bonds. The van der Waals surface area contributed by atoms with Gasteiger partial charge < -0.3 is 17.2 Å². The third kappa shape index (κ3) is 3.08. The van der Waals surface area contributed by atoms with Crippen LogP contribution >= 0.6 is 0 Å². The van der Waals surface area contributed by atoms with Gasteiger partial charge in [-0.2, -0.15) is 0 Å². The maximum Gasteiger partial charge on any atom is 0.320 e. The number of carbonyl (C=O) groups excluding carboxylic acids is 3. The summed E-state index contributed by atoms with van der Waals surface area (Å²) in [4.78, 5) is 31.3. The standard InChI is InChI=1S/C21H13NO.C2H5N3O2/c22-21(23)17-11-10-13-6-2-8-15-14-7-1-4-12-5-3-9-16(18(12)14)20(17)19(13)15;3-1(6)5-2(4)7/h1-11H,(H2,22,23);(H5,3,4,5,6,7). The molecule has 0 aliphatic carbocycles. The molecule has 0 saturated heterocycles. The van der Waals surface area contributed by atoms with Crippen LogP contribution in [0.4, 0.5) is 9.59 Å². The van der Waals surface area contributed by atoms with Gasteiger partial charge in [-0.3, -0.25) is 10.1 Å². The molecule has 5 aromatic carbocycles. The minimum atomic E-state index is -0.938. The Balaban J connectivity index is 0.000000272. The van der Waals surface area contributed by atoms with Gasteiger partial charge in [0.05, 0.1) is 0 Å². The summed E-state index contributed by atoms with van der Waals surface area (Å²) in [5, 5.41) is 10.7. The van der Waals surface area contributed by atoms with E-state index in [9.17, 15) is 14.4 Å². The van der Waals surface area contributed by atoms with Crippen molar-refractivity contribution in [2.45, 2.75) is 0 Å². The van der Waals surface area contributed by atoms with Gasteiger partial charge in [-0.1, -0.05) is 60.7 Å². The van der Waals surface area contributed by atoms with Crippen LogP contribution in [0.2, 0.25) is 0 Å². The molecule has 5 rings (SSSR count). The zero-order valence-corrected chi connectivity index (χ0v) is 15.8. The molecule has 0 bridgehead atoms. The Bertz CT molecular complexity index is 1440. The quantitative estimate of drug-likeness (QED) is 0.253. The highest BCUT2D eigenvalue weighted by Crippen LogP contribution is 2.41. The zero-order valence-electron chi connectivity index (χ0n) is 15.8. The average Bonchev–Trinajstić information content (AvgIpc) is 2.70. The van der Waals surface area contributed by atoms with Crippen LogP contribution in [-0.4, -0.2) is 18.0 Å². The first-order valence-corrected chi connectivity index (χ1v) is 9.12. The van der Waals surface area contributed by atoms with E-state index in [-0.39, 0.29) is 5.91 Å². The Kier molecular flexibility index (Phi) is 4.56. The molecule has 0 aliphatic heterocycles. The molecule has 5 aromatic rings. The van der Waals surface area contributed by atoms with Crippen LogP contribution in [0.3, 0.4) is 0 Å². The summed E-state index contributed by atoms with van der Waals surface area (Å²) in [6.45, 7) is 0. The number of nitrogens with one attached hydrogen (secondary N) is 1. The van der Waals surface area contributed by atoms with Crippen LogP contribution in [0.1, 0.15) is 10.4 Å². The number of primary amides is 3. The van der Waals surface area contributed by atoms with Crippen LogP contribution in [-0.2, 0) is 0 Å². The number of benzene rings is 5. The molecule has 7 nitrogen and oxygen atoms in total. The fourth-order valence-electron chi connectivity index (χ4n) is 3.98. The summed E-state index contributed by atoms with van der Waals surface area (Å²) in [5.41, 5.74) is 15.1. The van der Waals surface area contributed by atoms with E-state index < -0.39 is 12.1 Å². The van der Waals surface area contributed by atoms with E-state index in [4.69, 9.17) is 5.73 Å². The van der Waals surface area contributed by atoms with Gasteiger partial charge in [0.2, 0.25) is 5.91 Å². The lowest BCUT2D eigenvalue weighted by Gasteiger charge is -2.15. The molecule has 30 heavy (non-hydrogen) atoms. The van der Waals surface area contributed by atoms with E-state index in [1.165, 1.54) is 21.5 Å². The highest BCUT2D eigenvalue weighted by molar-refractivity contribution is 6.35. The van der Waals surface area contributed by atoms with Gasteiger partial charge in [0.1, 0.15) is 0 Å². The SMILES string of the molecule is NC(=O)NC(N)=O.NC(=O)c1ccc2cccc3c4cccc5cccc(c1c23)c54. The lowest BCUT2D eigenvalue weighted by molar-refractivity contribution is 0.100. The van der Waals surface area contributed by atoms with E-state index in [2.05, 4.69) is 60.0 Å². The molecule has 7 N–H and O–H groups in total. The van der Waals surface area contributed by atoms with Crippen LogP contribution in [0, 0.1) is 0 Å². The van der Waals surface area contributed by atoms with Gasteiger partial charge in [0.25, 0.3) is 0 Å². The second-order valence-corrected chi connectivity index (χ2v) is 6.82. The number of hydrogen-bond acceptors (Lipinski definition) is 3. The van der Waals surface area contributed by atoms with Crippen molar-refractivity contribution in [3.05, 3.63) is 72.3 Å². The Morgan fingerprint density at radius 1 is 0.567 bits per heavy atom. The molecule has 0 spiro atoms. The maximum absolute atomic E-state index is 12.0. The van der Waals surface area contributed by atoms with Crippen molar-refractivity contribution in [1.29, 1.82) is 0 Å². The number of urea groups is 2. The minimum Gasteiger partial charge on any atom is -0.366 e. The lowest BCUT2D eigenvalue weighted by Crippen LogP contribution is -2.38. The first kappa shape index (κ1) is 18.9. The van der Waals surface area contributed by atoms with Gasteiger partial charge in [-0.25, -0.2) is 9.59 Å². The summed E-state index contributed by atoms with van der Waals surface area (Å²) in [6, 6.07) is 20.8. The molecular weight excluding hydrogens is 380 g/mol. The van der Waals surface area contributed by atoms with E-state index in [0.717, 1.165) is 21.5 Å². The first-order valence-electron chi connectivity index (χ1n) is 9.12. The van der Waals surface area contributed by atoms with Gasteiger partial charge in [-0.05, 0) is 43.8 Å². The number of amides is 5. The average molecular weight is 398 g/mol. The van der Waals surface area contributed by atoms with E-state index >= 15 is 0 Å². The fourth-order valence-corrected chi connectivity index (χ4v) is 3.98. The van der Waals surface area contributed by atoms with Crippen molar-refractivity contribution in [3.8, 4) is 0 Å². The number of fused-ring (bicyclic) bond motifs is 2. The molecule has 148 valence electrons. The largest absolute Gasteiger partial charge is 0.366 e. The number of rotatable bonds is 1. The third-order valence-corrected chi connectivity index (χ3v) is 5.02. The summed E-state index contributed by atoms with van der Waals surface area (Å²) < 4.78 is 0. The molecule has 0 heterocycles. The molecule has 0 fully saturated rings. The lowest BCUT2D eigenvalue weighted by atomic mass is 9.87. The molecular formula is C23H18N4O3. The number of imide groups is 1. The number of hydrogen-bond donors (Lipinski definition) is 4. The topological polar surface area (TPSA) is 141 Å². The fraction of sp³-hybridized carbons (Fsp3) is 0. The van der Waals surface area contributed by atoms with Gasteiger partial charge in [0.15, 0.2) is 0 Å². The van der Waals surface area contributed by atoms with Gasteiger partial charge >= 0.3 is 12.1 Å². The highest BCUT2D eigenvalue weighted by atomic mass is 16.2. The molecule has 0 aliphatic rings. The first-order chi connectivity index (χ1) is 14.4. The van der Waals surface area contributed by atoms with Crippen LogP contribution < -0.4 is 22.5 Å². The van der Waals surface area contributed by atoms with Crippen molar-refractivity contribution in [2.24, 2.45) is 17.2 Å². The number of nitrogens with two attached hydrogens (primary N) is 3. The van der Waals surface area contributed by atoms with Gasteiger partial charge in [-0.15, -0.1) is 0 Å². The Morgan fingerprint density at radius 2 is 1.07 bits per heavy atom. The third-order valence-electron chi connectivity index (χ3n) is 5.02. The van der Waals surface area contributed by atoms with Crippen molar-refractivity contribution >= 4 is 61.1 Å². The van der Waals surface area contributed by atoms with Crippen LogP contribution in [0.5, 0.6) is 0 Å². The molecule has 0 saturated carbocycles. The van der Waals surface area contributed by atoms with Crippen molar-refractivity contribution in [2.75, 3.05) is 0 Å². The highest BCUT2D eigenvalue weighted by Gasteiger charge is 2.16. The van der Waals surface area contributed by atoms with Gasteiger partial charge in [0, 0.05) is 10.9 Å².